The van der Waals surface area contributed by atoms with Crippen LogP contribution in [-0.2, 0) is 4.79 Å². The summed E-state index contributed by atoms with van der Waals surface area (Å²) in [6, 6.07) is 2.02. The number of carbonyl (C=O) groups is 1. The molecule has 3 rings (SSSR count). The van der Waals surface area contributed by atoms with Gasteiger partial charge in [0.2, 0.25) is 5.91 Å². The summed E-state index contributed by atoms with van der Waals surface area (Å²) in [5.41, 5.74) is 0.991. The maximum absolute atomic E-state index is 12.6. The molecule has 0 bridgehead atoms. The molecule has 0 N–H and O–H groups in total. The smallest absolute Gasteiger partial charge is 0.225 e. The molecule has 3 heterocycles. The number of aryl methyl sites for hydroxylation is 1. The minimum absolute atomic E-state index is 0.201. The van der Waals surface area contributed by atoms with Gasteiger partial charge in [0.1, 0.15) is 12.1 Å². The average molecular weight is 302 g/mol. The third kappa shape index (κ3) is 3.39. The van der Waals surface area contributed by atoms with E-state index in [1.54, 1.807) is 6.33 Å². The molecule has 5 nitrogen and oxygen atoms in total. The van der Waals surface area contributed by atoms with Gasteiger partial charge in [0, 0.05) is 43.9 Å². The lowest BCUT2D eigenvalue weighted by molar-refractivity contribution is -0.137. The first-order chi connectivity index (χ1) is 10.6. The summed E-state index contributed by atoms with van der Waals surface area (Å²) in [5.74, 6) is 2.34. The quantitative estimate of drug-likeness (QED) is 0.841. The number of piperidine rings is 2. The number of likely N-dealkylation sites (tertiary alicyclic amines) is 1. The molecule has 0 saturated carbocycles. The van der Waals surface area contributed by atoms with Crippen LogP contribution < -0.4 is 4.90 Å². The Hall–Kier alpha value is -1.65. The van der Waals surface area contributed by atoms with Crippen molar-refractivity contribution in [3.8, 4) is 0 Å². The molecule has 0 radical (unpaired) electrons. The highest BCUT2D eigenvalue weighted by Gasteiger charge is 2.30. The fraction of sp³-hybridized carbons (Fsp3) is 0.706. The fourth-order valence-corrected chi connectivity index (χ4v) is 3.46. The van der Waals surface area contributed by atoms with Crippen molar-refractivity contribution in [3.63, 3.8) is 0 Å². The lowest BCUT2D eigenvalue weighted by Crippen LogP contribution is -2.45. The number of anilines is 1. The minimum atomic E-state index is 0.201. The van der Waals surface area contributed by atoms with Crippen LogP contribution in [0.4, 0.5) is 5.82 Å². The molecule has 2 aliphatic heterocycles. The van der Waals surface area contributed by atoms with E-state index < -0.39 is 0 Å². The van der Waals surface area contributed by atoms with Gasteiger partial charge >= 0.3 is 0 Å². The average Bonchev–Trinajstić information content (AvgIpc) is 2.55. The highest BCUT2D eigenvalue weighted by Crippen LogP contribution is 2.25. The van der Waals surface area contributed by atoms with E-state index in [0.717, 1.165) is 69.3 Å². The van der Waals surface area contributed by atoms with Crippen LogP contribution in [0.2, 0.25) is 0 Å². The summed E-state index contributed by atoms with van der Waals surface area (Å²) in [6.07, 6.45) is 5.81. The predicted molar refractivity (Wildman–Crippen MR) is 86.7 cm³/mol. The Morgan fingerprint density at radius 3 is 2.41 bits per heavy atom. The van der Waals surface area contributed by atoms with Gasteiger partial charge in [0.05, 0.1) is 0 Å². The van der Waals surface area contributed by atoms with E-state index in [9.17, 15) is 4.79 Å². The van der Waals surface area contributed by atoms with E-state index in [1.807, 2.05) is 13.0 Å². The molecule has 2 fully saturated rings. The van der Waals surface area contributed by atoms with Crippen molar-refractivity contribution in [3.05, 3.63) is 18.1 Å². The molecule has 0 unspecified atom stereocenters. The van der Waals surface area contributed by atoms with Gasteiger partial charge in [0.25, 0.3) is 0 Å². The molecule has 1 aromatic heterocycles. The Bertz CT molecular complexity index is 517. The third-order valence-electron chi connectivity index (χ3n) is 5.05. The van der Waals surface area contributed by atoms with Crippen LogP contribution in [0.3, 0.4) is 0 Å². The van der Waals surface area contributed by atoms with E-state index in [0.29, 0.717) is 5.91 Å². The van der Waals surface area contributed by atoms with Crippen LogP contribution in [0.25, 0.3) is 0 Å². The number of aromatic nitrogens is 2. The number of amides is 1. The topological polar surface area (TPSA) is 49.3 Å². The number of hydrogen-bond acceptors (Lipinski definition) is 4. The summed E-state index contributed by atoms with van der Waals surface area (Å²) in [5, 5.41) is 0. The number of nitrogens with zero attached hydrogens (tertiary/aromatic N) is 4. The maximum Gasteiger partial charge on any atom is 0.225 e. The number of rotatable bonds is 2. The summed E-state index contributed by atoms with van der Waals surface area (Å²) in [6.45, 7) is 7.99. The van der Waals surface area contributed by atoms with Crippen LogP contribution in [0.15, 0.2) is 12.4 Å². The zero-order valence-corrected chi connectivity index (χ0v) is 13.7. The Kier molecular flexibility index (Phi) is 4.60. The van der Waals surface area contributed by atoms with Crippen LogP contribution in [0.1, 0.15) is 38.3 Å². The summed E-state index contributed by atoms with van der Waals surface area (Å²) in [7, 11) is 0. The van der Waals surface area contributed by atoms with Crippen molar-refractivity contribution >= 4 is 11.7 Å². The lowest BCUT2D eigenvalue weighted by Gasteiger charge is -2.37. The molecule has 2 saturated heterocycles. The zero-order chi connectivity index (χ0) is 15.5. The first-order valence-corrected chi connectivity index (χ1v) is 8.46. The van der Waals surface area contributed by atoms with Gasteiger partial charge in [-0.1, -0.05) is 6.92 Å². The Morgan fingerprint density at radius 2 is 1.77 bits per heavy atom. The van der Waals surface area contributed by atoms with E-state index >= 15 is 0 Å². The molecule has 0 aromatic carbocycles. The van der Waals surface area contributed by atoms with Gasteiger partial charge in [0.15, 0.2) is 0 Å². The molecule has 0 spiro atoms. The first kappa shape index (κ1) is 15.3. The molecule has 0 atom stereocenters. The van der Waals surface area contributed by atoms with Crippen LogP contribution >= 0.6 is 0 Å². The molecule has 1 amide bonds. The highest BCUT2D eigenvalue weighted by molar-refractivity contribution is 5.79. The Labute approximate surface area is 132 Å². The molecule has 22 heavy (non-hydrogen) atoms. The van der Waals surface area contributed by atoms with E-state index in [1.165, 1.54) is 0 Å². The SMILES string of the molecule is Cc1cc(N2CCC(C(=O)N3CCC(C)CC3)CC2)ncn1. The minimum Gasteiger partial charge on any atom is -0.356 e. The van der Waals surface area contributed by atoms with Crippen LogP contribution in [0.5, 0.6) is 0 Å². The van der Waals surface area contributed by atoms with Crippen molar-refractivity contribution < 1.29 is 4.79 Å². The monoisotopic (exact) mass is 302 g/mol. The van der Waals surface area contributed by atoms with Crippen LogP contribution in [-0.4, -0.2) is 47.0 Å². The predicted octanol–water partition coefficient (Wildman–Crippen LogP) is 2.26. The third-order valence-corrected chi connectivity index (χ3v) is 5.05. The summed E-state index contributed by atoms with van der Waals surface area (Å²) < 4.78 is 0. The summed E-state index contributed by atoms with van der Waals surface area (Å²) >= 11 is 0. The highest BCUT2D eigenvalue weighted by atomic mass is 16.2. The second kappa shape index (κ2) is 6.63. The maximum atomic E-state index is 12.6. The molecular formula is C17H26N4O. The fourth-order valence-electron chi connectivity index (χ4n) is 3.46. The largest absolute Gasteiger partial charge is 0.356 e. The Balaban J connectivity index is 1.54. The molecule has 0 aliphatic carbocycles. The standard InChI is InChI=1S/C17H26N4O/c1-13-3-7-21(8-4-13)17(22)15-5-9-20(10-6-15)16-11-14(2)18-12-19-16/h11-13,15H,3-10H2,1-2H3. The molecule has 120 valence electrons. The van der Waals surface area contributed by atoms with Crippen molar-refractivity contribution in [2.75, 3.05) is 31.1 Å². The van der Waals surface area contributed by atoms with Gasteiger partial charge < -0.3 is 9.80 Å². The second-order valence-electron chi connectivity index (χ2n) is 6.79. The van der Waals surface area contributed by atoms with Crippen molar-refractivity contribution in [2.24, 2.45) is 11.8 Å². The van der Waals surface area contributed by atoms with Gasteiger partial charge in [-0.25, -0.2) is 9.97 Å². The van der Waals surface area contributed by atoms with Gasteiger partial charge in [-0.3, -0.25) is 4.79 Å². The normalized spacial score (nSPS) is 21.2. The van der Waals surface area contributed by atoms with Gasteiger partial charge in [-0.05, 0) is 38.5 Å². The second-order valence-corrected chi connectivity index (χ2v) is 6.79. The van der Waals surface area contributed by atoms with Gasteiger partial charge in [-0.15, -0.1) is 0 Å². The zero-order valence-electron chi connectivity index (χ0n) is 13.7. The molecular weight excluding hydrogens is 276 g/mol. The van der Waals surface area contributed by atoms with Crippen molar-refractivity contribution in [1.29, 1.82) is 0 Å². The molecule has 1 aromatic rings. The number of hydrogen-bond donors (Lipinski definition) is 0. The Morgan fingerprint density at radius 1 is 1.09 bits per heavy atom. The van der Waals surface area contributed by atoms with Crippen molar-refractivity contribution in [2.45, 2.75) is 39.5 Å². The van der Waals surface area contributed by atoms with E-state index in [2.05, 4.69) is 26.7 Å². The van der Waals surface area contributed by atoms with E-state index in [4.69, 9.17) is 0 Å². The van der Waals surface area contributed by atoms with Gasteiger partial charge in [-0.2, -0.15) is 0 Å². The van der Waals surface area contributed by atoms with Crippen molar-refractivity contribution in [1.82, 2.24) is 14.9 Å². The number of carbonyl (C=O) groups excluding carboxylic acids is 1. The first-order valence-electron chi connectivity index (χ1n) is 8.46. The lowest BCUT2D eigenvalue weighted by atomic mass is 9.92. The van der Waals surface area contributed by atoms with E-state index in [-0.39, 0.29) is 5.92 Å². The molecule has 2 aliphatic rings. The van der Waals surface area contributed by atoms with Crippen LogP contribution in [0, 0.1) is 18.8 Å². The summed E-state index contributed by atoms with van der Waals surface area (Å²) in [4.78, 5) is 25.5. The molecule has 5 heteroatoms.